The van der Waals surface area contributed by atoms with Gasteiger partial charge in [0.1, 0.15) is 5.78 Å². The van der Waals surface area contributed by atoms with Crippen LogP contribution in [0.2, 0.25) is 0 Å². The first-order valence-corrected chi connectivity index (χ1v) is 9.52. The lowest BCUT2D eigenvalue weighted by Gasteiger charge is -2.42. The fourth-order valence-corrected chi connectivity index (χ4v) is 4.35. The average molecular weight is 331 g/mol. The van der Waals surface area contributed by atoms with Gasteiger partial charge in [0.05, 0.1) is 0 Å². The summed E-state index contributed by atoms with van der Waals surface area (Å²) in [6.45, 7) is 9.21. The van der Waals surface area contributed by atoms with Gasteiger partial charge < -0.3 is 5.11 Å². The van der Waals surface area contributed by atoms with Crippen LogP contribution >= 0.6 is 0 Å². The standard InChI is InChI=1S/C22H34O2/c1-16(2)19-12-13-22(3,4)14-20(19)21(24)11-10-18(15-23)17-8-6-5-7-9-17/h5-9,16,18-20,23H,10-15H2,1-4H3. The fraction of sp³-hybridized carbons (Fsp3) is 0.682. The summed E-state index contributed by atoms with van der Waals surface area (Å²) in [4.78, 5) is 13.0. The molecule has 1 N–H and O–H groups in total. The van der Waals surface area contributed by atoms with Crippen LogP contribution in [0.4, 0.5) is 0 Å². The summed E-state index contributed by atoms with van der Waals surface area (Å²) in [7, 11) is 0. The zero-order chi connectivity index (χ0) is 17.7. The monoisotopic (exact) mass is 330 g/mol. The Morgan fingerprint density at radius 1 is 1.25 bits per heavy atom. The Morgan fingerprint density at radius 3 is 2.50 bits per heavy atom. The van der Waals surface area contributed by atoms with E-state index in [-0.39, 0.29) is 23.9 Å². The molecule has 1 aromatic rings. The SMILES string of the molecule is CC(C)C1CCC(C)(C)CC1C(=O)CCC(CO)c1ccccc1. The van der Waals surface area contributed by atoms with E-state index in [9.17, 15) is 9.90 Å². The smallest absolute Gasteiger partial charge is 0.136 e. The molecule has 1 aliphatic rings. The second-order valence-electron chi connectivity index (χ2n) is 8.72. The average Bonchev–Trinajstić information content (AvgIpc) is 2.55. The third kappa shape index (κ3) is 4.92. The number of carbonyl (C=O) groups is 1. The summed E-state index contributed by atoms with van der Waals surface area (Å²) in [5.41, 5.74) is 1.42. The highest BCUT2D eigenvalue weighted by Gasteiger charge is 2.39. The number of benzene rings is 1. The number of rotatable bonds is 7. The van der Waals surface area contributed by atoms with Crippen molar-refractivity contribution in [3.8, 4) is 0 Å². The summed E-state index contributed by atoms with van der Waals surface area (Å²) in [6, 6.07) is 10.1. The normalized spacial score (nSPS) is 24.8. The molecule has 1 aliphatic carbocycles. The zero-order valence-electron chi connectivity index (χ0n) is 15.8. The summed E-state index contributed by atoms with van der Waals surface area (Å²) in [5, 5.41) is 9.71. The van der Waals surface area contributed by atoms with Gasteiger partial charge in [0, 0.05) is 24.9 Å². The zero-order valence-corrected chi connectivity index (χ0v) is 15.8. The minimum atomic E-state index is 0.0734. The van der Waals surface area contributed by atoms with Crippen molar-refractivity contribution in [3.05, 3.63) is 35.9 Å². The number of hydrogen-bond acceptors (Lipinski definition) is 2. The van der Waals surface area contributed by atoms with Gasteiger partial charge in [-0.15, -0.1) is 0 Å². The molecule has 24 heavy (non-hydrogen) atoms. The highest BCUT2D eigenvalue weighted by molar-refractivity contribution is 5.81. The lowest BCUT2D eigenvalue weighted by atomic mass is 9.62. The molecular weight excluding hydrogens is 296 g/mol. The molecule has 0 radical (unpaired) electrons. The summed E-state index contributed by atoms with van der Waals surface area (Å²) in [5.74, 6) is 1.77. The molecule has 0 aliphatic heterocycles. The Balaban J connectivity index is 2.01. The molecule has 134 valence electrons. The Labute approximate surface area is 147 Å². The lowest BCUT2D eigenvalue weighted by Crippen LogP contribution is -2.37. The maximum absolute atomic E-state index is 13.0. The van der Waals surface area contributed by atoms with E-state index in [0.29, 0.717) is 24.0 Å². The van der Waals surface area contributed by atoms with Crippen molar-refractivity contribution in [1.29, 1.82) is 0 Å². The highest BCUT2D eigenvalue weighted by atomic mass is 16.3. The second kappa shape index (κ2) is 8.29. The van der Waals surface area contributed by atoms with Crippen LogP contribution in [0.3, 0.4) is 0 Å². The second-order valence-corrected chi connectivity index (χ2v) is 8.72. The fourth-order valence-electron chi connectivity index (χ4n) is 4.35. The van der Waals surface area contributed by atoms with E-state index in [1.165, 1.54) is 12.8 Å². The van der Waals surface area contributed by atoms with Crippen LogP contribution in [-0.4, -0.2) is 17.5 Å². The van der Waals surface area contributed by atoms with Crippen molar-refractivity contribution >= 4 is 5.78 Å². The van der Waals surface area contributed by atoms with Crippen molar-refractivity contribution in [2.45, 2.75) is 65.7 Å². The maximum atomic E-state index is 13.0. The van der Waals surface area contributed by atoms with E-state index in [4.69, 9.17) is 0 Å². The molecule has 1 fully saturated rings. The van der Waals surface area contributed by atoms with Crippen LogP contribution in [-0.2, 0) is 4.79 Å². The molecule has 0 heterocycles. The molecule has 0 aromatic heterocycles. The highest BCUT2D eigenvalue weighted by Crippen LogP contribution is 2.45. The Bertz CT molecular complexity index is 518. The number of hydrogen-bond donors (Lipinski definition) is 1. The number of aliphatic hydroxyl groups excluding tert-OH is 1. The van der Waals surface area contributed by atoms with E-state index in [0.717, 1.165) is 18.4 Å². The first-order chi connectivity index (χ1) is 11.3. The van der Waals surface area contributed by atoms with Crippen LogP contribution < -0.4 is 0 Å². The van der Waals surface area contributed by atoms with E-state index in [1.807, 2.05) is 30.3 Å². The van der Waals surface area contributed by atoms with Gasteiger partial charge in [-0.05, 0) is 48.5 Å². The van der Waals surface area contributed by atoms with Gasteiger partial charge in [-0.3, -0.25) is 4.79 Å². The van der Waals surface area contributed by atoms with E-state index in [2.05, 4.69) is 27.7 Å². The van der Waals surface area contributed by atoms with Gasteiger partial charge >= 0.3 is 0 Å². The molecular formula is C22H34O2. The van der Waals surface area contributed by atoms with Gasteiger partial charge in [0.25, 0.3) is 0 Å². The molecule has 1 aromatic carbocycles. The van der Waals surface area contributed by atoms with Crippen molar-refractivity contribution in [2.75, 3.05) is 6.61 Å². The number of ketones is 1. The minimum Gasteiger partial charge on any atom is -0.396 e. The first-order valence-electron chi connectivity index (χ1n) is 9.52. The predicted octanol–water partition coefficient (Wildman–Crippen LogP) is 5.21. The number of carbonyl (C=O) groups excluding carboxylic acids is 1. The minimum absolute atomic E-state index is 0.0734. The Hall–Kier alpha value is -1.15. The van der Waals surface area contributed by atoms with Crippen molar-refractivity contribution < 1.29 is 9.90 Å². The van der Waals surface area contributed by atoms with Crippen LogP contribution in [0, 0.1) is 23.2 Å². The van der Waals surface area contributed by atoms with Gasteiger partial charge in [-0.1, -0.05) is 58.0 Å². The van der Waals surface area contributed by atoms with Crippen LogP contribution in [0.1, 0.15) is 71.3 Å². The molecule has 0 spiro atoms. The summed E-state index contributed by atoms with van der Waals surface area (Å²) >= 11 is 0. The molecule has 2 heteroatoms. The third-order valence-electron chi connectivity index (χ3n) is 5.94. The largest absolute Gasteiger partial charge is 0.396 e. The quantitative estimate of drug-likeness (QED) is 0.745. The number of Topliss-reactive ketones (excluding diaryl/α,β-unsaturated/α-hetero) is 1. The van der Waals surface area contributed by atoms with Crippen LogP contribution in [0.15, 0.2) is 30.3 Å². The van der Waals surface area contributed by atoms with Crippen molar-refractivity contribution in [1.82, 2.24) is 0 Å². The van der Waals surface area contributed by atoms with Crippen LogP contribution in [0.25, 0.3) is 0 Å². The first kappa shape index (κ1) is 19.2. The molecule has 0 amide bonds. The van der Waals surface area contributed by atoms with Crippen LogP contribution in [0.5, 0.6) is 0 Å². The summed E-state index contributed by atoms with van der Waals surface area (Å²) < 4.78 is 0. The molecule has 3 atom stereocenters. The molecule has 1 saturated carbocycles. The van der Waals surface area contributed by atoms with E-state index in [1.54, 1.807) is 0 Å². The molecule has 0 saturated heterocycles. The van der Waals surface area contributed by atoms with Gasteiger partial charge in [0.2, 0.25) is 0 Å². The van der Waals surface area contributed by atoms with Crippen molar-refractivity contribution in [3.63, 3.8) is 0 Å². The molecule has 3 unspecified atom stereocenters. The summed E-state index contributed by atoms with van der Waals surface area (Å²) in [6.07, 6.45) is 4.75. The predicted molar refractivity (Wildman–Crippen MR) is 100.0 cm³/mol. The maximum Gasteiger partial charge on any atom is 0.136 e. The van der Waals surface area contributed by atoms with Crippen molar-refractivity contribution in [2.24, 2.45) is 23.2 Å². The Morgan fingerprint density at radius 2 is 1.92 bits per heavy atom. The third-order valence-corrected chi connectivity index (χ3v) is 5.94. The molecule has 0 bridgehead atoms. The Kier molecular flexibility index (Phi) is 6.62. The van der Waals surface area contributed by atoms with Gasteiger partial charge in [-0.2, -0.15) is 0 Å². The topological polar surface area (TPSA) is 37.3 Å². The molecule has 2 nitrogen and oxygen atoms in total. The van der Waals surface area contributed by atoms with E-state index >= 15 is 0 Å². The van der Waals surface area contributed by atoms with E-state index < -0.39 is 0 Å². The number of aliphatic hydroxyl groups is 1. The van der Waals surface area contributed by atoms with Gasteiger partial charge in [-0.25, -0.2) is 0 Å². The van der Waals surface area contributed by atoms with Gasteiger partial charge in [0.15, 0.2) is 0 Å². The lowest BCUT2D eigenvalue weighted by molar-refractivity contribution is -0.128. The molecule has 2 rings (SSSR count).